The molecule has 15 nitrogen and oxygen atoms in total. The van der Waals surface area contributed by atoms with E-state index in [2.05, 4.69) is 0 Å². The zero-order valence-corrected chi connectivity index (χ0v) is 19.9. The maximum atomic E-state index is 12.0. The van der Waals surface area contributed by atoms with Gasteiger partial charge in [0.1, 0.15) is 24.3 Å². The first-order valence-electron chi connectivity index (χ1n) is 10.6. The number of hydrogen-bond acceptors (Lipinski definition) is 16. The first kappa shape index (κ1) is 29.2. The zero-order valence-electron chi connectivity index (χ0n) is 18.3. The van der Waals surface area contributed by atoms with E-state index in [4.69, 9.17) is 24.7 Å². The molecule has 0 aromatic heterocycles. The summed E-state index contributed by atoms with van der Waals surface area (Å²) < 4.78 is 21.8. The molecule has 2 aliphatic heterocycles. The van der Waals surface area contributed by atoms with Gasteiger partial charge < -0.3 is 70.6 Å². The molecule has 12 unspecified atom stereocenters. The van der Waals surface area contributed by atoms with Crippen molar-refractivity contribution in [1.29, 1.82) is 0 Å². The number of aliphatic hydroxyl groups is 8. The second-order valence-corrected chi connectivity index (χ2v) is 10.9. The van der Waals surface area contributed by atoms with Crippen LogP contribution in [0.3, 0.4) is 0 Å². The fourth-order valence-electron chi connectivity index (χ4n) is 4.73. The summed E-state index contributed by atoms with van der Waals surface area (Å²) in [7, 11) is 2.26. The first-order chi connectivity index (χ1) is 16.5. The predicted octanol–water partition coefficient (Wildman–Crippen LogP) is -4.71. The van der Waals surface area contributed by atoms with E-state index in [1.54, 1.807) is 0 Å². The van der Waals surface area contributed by atoms with E-state index >= 15 is 0 Å². The van der Waals surface area contributed by atoms with Crippen molar-refractivity contribution < 1.29 is 69.7 Å². The van der Waals surface area contributed by atoms with Crippen LogP contribution < -0.4 is 5.73 Å². The average Bonchev–Trinajstić information content (AvgIpc) is 2.96. The fraction of sp³-hybridized carbons (Fsp3) is 0.944. The SMILES string of the molecule is NCSSCOC1(C(=O)O)CC(O)C(OC2OC3(O)C(C(O)CO)C(O)C(O)C23)C(C(O)CO)O1. The third-order valence-corrected chi connectivity index (χ3v) is 8.14. The smallest absolute Gasteiger partial charge is 0.364 e. The lowest BCUT2D eigenvalue weighted by molar-refractivity contribution is -0.459. The zero-order chi connectivity index (χ0) is 26.1. The summed E-state index contributed by atoms with van der Waals surface area (Å²) >= 11 is 0. The van der Waals surface area contributed by atoms with Crippen LogP contribution >= 0.6 is 21.6 Å². The fourth-order valence-corrected chi connectivity index (χ4v) is 5.77. The van der Waals surface area contributed by atoms with Crippen molar-refractivity contribution in [3.05, 3.63) is 0 Å². The molecule has 0 aromatic rings. The van der Waals surface area contributed by atoms with Crippen molar-refractivity contribution in [3.63, 3.8) is 0 Å². The van der Waals surface area contributed by atoms with Crippen LogP contribution in [0.15, 0.2) is 0 Å². The molecule has 35 heavy (non-hydrogen) atoms. The highest BCUT2D eigenvalue weighted by Crippen LogP contribution is 2.55. The summed E-state index contributed by atoms with van der Waals surface area (Å²) in [5.41, 5.74) is 5.36. The molecule has 0 radical (unpaired) electrons. The summed E-state index contributed by atoms with van der Waals surface area (Å²) in [6, 6.07) is 0. The monoisotopic (exact) mass is 549 g/mol. The Bertz CT molecular complexity index is 739. The lowest BCUT2D eigenvalue weighted by atomic mass is 9.85. The second-order valence-electron chi connectivity index (χ2n) is 8.45. The molecule has 0 aromatic carbocycles. The molecule has 0 bridgehead atoms. The Morgan fingerprint density at radius 3 is 2.31 bits per heavy atom. The largest absolute Gasteiger partial charge is 0.477 e. The summed E-state index contributed by atoms with van der Waals surface area (Å²) in [5, 5.41) is 90.8. The molecule has 3 aliphatic rings. The molecule has 2 heterocycles. The normalized spacial score (nSPS) is 44.9. The molecule has 3 rings (SSSR count). The van der Waals surface area contributed by atoms with Crippen molar-refractivity contribution in [2.45, 2.75) is 67.0 Å². The van der Waals surface area contributed by atoms with Crippen LogP contribution in [-0.2, 0) is 23.7 Å². The Balaban J connectivity index is 1.78. The number of ether oxygens (including phenoxy) is 4. The number of aliphatic hydroxyl groups excluding tert-OH is 7. The van der Waals surface area contributed by atoms with Gasteiger partial charge in [0.2, 0.25) is 0 Å². The molecule has 12 atom stereocenters. The van der Waals surface area contributed by atoms with Gasteiger partial charge >= 0.3 is 5.97 Å². The van der Waals surface area contributed by atoms with Crippen LogP contribution in [0.2, 0.25) is 0 Å². The van der Waals surface area contributed by atoms with Gasteiger partial charge in [-0.25, -0.2) is 4.79 Å². The van der Waals surface area contributed by atoms with Crippen LogP contribution in [0.5, 0.6) is 0 Å². The van der Waals surface area contributed by atoms with Gasteiger partial charge in [0, 0.05) is 12.3 Å². The van der Waals surface area contributed by atoms with Gasteiger partial charge in [-0.15, -0.1) is 0 Å². The van der Waals surface area contributed by atoms with Gasteiger partial charge in [0.25, 0.3) is 5.79 Å². The lowest BCUT2D eigenvalue weighted by Gasteiger charge is -2.53. The maximum Gasteiger partial charge on any atom is 0.364 e. The number of hydrogen-bond donors (Lipinski definition) is 10. The minimum absolute atomic E-state index is 0.201. The van der Waals surface area contributed by atoms with Crippen molar-refractivity contribution in [2.75, 3.05) is 25.0 Å². The number of carbonyl (C=O) groups is 1. The Morgan fingerprint density at radius 1 is 1.09 bits per heavy atom. The van der Waals surface area contributed by atoms with E-state index in [-0.39, 0.29) is 11.8 Å². The number of nitrogens with two attached hydrogens (primary N) is 1. The van der Waals surface area contributed by atoms with Gasteiger partial charge in [-0.05, 0) is 0 Å². The lowest BCUT2D eigenvalue weighted by Crippen LogP contribution is -2.69. The van der Waals surface area contributed by atoms with E-state index in [0.717, 1.165) is 10.8 Å². The van der Waals surface area contributed by atoms with Gasteiger partial charge in [-0.3, -0.25) is 0 Å². The second kappa shape index (κ2) is 11.6. The standard InChI is InChI=1S/C18H31NO14S2/c19-4-34-35-5-30-17(16(27)28)1-6(22)13(14(32-17)8(24)3-21)31-15-10-12(26)11(25)9(7(23)2-20)18(10,29)33-15/h6-15,20-26,29H,1-5,19H2,(H,27,28). The first-order valence-corrected chi connectivity index (χ1v) is 13.1. The molecular formula is C18H31NO14S2. The van der Waals surface area contributed by atoms with Crippen LogP contribution in [0.1, 0.15) is 6.42 Å². The Labute approximate surface area is 207 Å². The summed E-state index contributed by atoms with van der Waals surface area (Å²) in [6.07, 6.45) is -13.7. The van der Waals surface area contributed by atoms with E-state index in [0.29, 0.717) is 0 Å². The minimum Gasteiger partial charge on any atom is -0.477 e. The third-order valence-electron chi connectivity index (χ3n) is 6.42. The number of rotatable bonds is 12. The van der Waals surface area contributed by atoms with E-state index < -0.39 is 98.0 Å². The van der Waals surface area contributed by atoms with E-state index in [1.807, 2.05) is 0 Å². The molecule has 3 fully saturated rings. The highest BCUT2D eigenvalue weighted by molar-refractivity contribution is 8.76. The molecular weight excluding hydrogens is 518 g/mol. The topological polar surface area (TPSA) is 262 Å². The number of fused-ring (bicyclic) bond motifs is 1. The Morgan fingerprint density at radius 2 is 1.74 bits per heavy atom. The predicted molar refractivity (Wildman–Crippen MR) is 116 cm³/mol. The summed E-state index contributed by atoms with van der Waals surface area (Å²) in [4.78, 5) is 12.0. The van der Waals surface area contributed by atoms with Gasteiger partial charge in [-0.1, -0.05) is 21.6 Å². The minimum atomic E-state index is -2.40. The highest BCUT2D eigenvalue weighted by Gasteiger charge is 2.73. The Hall–Kier alpha value is -0.350. The van der Waals surface area contributed by atoms with Gasteiger partial charge in [0.05, 0.1) is 49.5 Å². The number of carboxylic acid groups (broad SMARTS) is 1. The van der Waals surface area contributed by atoms with E-state index in [1.165, 1.54) is 10.8 Å². The van der Waals surface area contributed by atoms with Crippen LogP contribution in [0.25, 0.3) is 0 Å². The van der Waals surface area contributed by atoms with Crippen molar-refractivity contribution >= 4 is 27.6 Å². The number of carboxylic acids is 1. The molecule has 17 heteroatoms. The quantitative estimate of drug-likeness (QED) is 0.0622. The van der Waals surface area contributed by atoms with Crippen molar-refractivity contribution in [2.24, 2.45) is 17.6 Å². The highest BCUT2D eigenvalue weighted by atomic mass is 33.1. The summed E-state index contributed by atoms with van der Waals surface area (Å²) in [5.74, 6) is -9.07. The molecule has 1 aliphatic carbocycles. The number of aliphatic carboxylic acids is 1. The van der Waals surface area contributed by atoms with E-state index in [9.17, 15) is 50.8 Å². The van der Waals surface area contributed by atoms with Crippen LogP contribution in [0.4, 0.5) is 0 Å². The average molecular weight is 550 g/mol. The Kier molecular flexibility index (Phi) is 9.67. The van der Waals surface area contributed by atoms with Gasteiger partial charge in [-0.2, -0.15) is 0 Å². The molecule has 2 saturated heterocycles. The maximum absolute atomic E-state index is 12.0. The third kappa shape index (κ3) is 5.31. The van der Waals surface area contributed by atoms with Gasteiger partial charge in [0.15, 0.2) is 12.1 Å². The molecule has 0 spiro atoms. The van der Waals surface area contributed by atoms with Crippen molar-refractivity contribution in [1.82, 2.24) is 0 Å². The van der Waals surface area contributed by atoms with Crippen molar-refractivity contribution in [3.8, 4) is 0 Å². The molecule has 1 saturated carbocycles. The molecule has 11 N–H and O–H groups in total. The van der Waals surface area contributed by atoms with Crippen LogP contribution in [0, 0.1) is 11.8 Å². The van der Waals surface area contributed by atoms with Crippen LogP contribution in [-0.4, -0.2) is 138 Å². The molecule has 0 amide bonds. The summed E-state index contributed by atoms with van der Waals surface area (Å²) in [6.45, 7) is -1.74. The molecule has 204 valence electrons.